The highest BCUT2D eigenvalue weighted by Crippen LogP contribution is 2.33. The van der Waals surface area contributed by atoms with Gasteiger partial charge in [0, 0.05) is 53.2 Å². The van der Waals surface area contributed by atoms with Gasteiger partial charge in [-0.2, -0.15) is 9.78 Å². The zero-order valence-electron chi connectivity index (χ0n) is 19.2. The maximum absolute atomic E-state index is 12.1. The molecule has 1 unspecified atom stereocenters. The van der Waals surface area contributed by atoms with Crippen molar-refractivity contribution in [1.29, 1.82) is 0 Å². The van der Waals surface area contributed by atoms with Crippen molar-refractivity contribution in [3.8, 4) is 11.1 Å². The van der Waals surface area contributed by atoms with Gasteiger partial charge < -0.3 is 15.5 Å². The van der Waals surface area contributed by atoms with Crippen molar-refractivity contribution < 1.29 is 9.59 Å². The molecule has 3 N–H and O–H groups in total. The van der Waals surface area contributed by atoms with Crippen LogP contribution in [0, 0.1) is 0 Å². The predicted molar refractivity (Wildman–Crippen MR) is 138 cm³/mol. The van der Waals surface area contributed by atoms with Gasteiger partial charge >= 0.3 is 6.03 Å². The molecule has 2 aliphatic heterocycles. The maximum Gasteiger partial charge on any atom is 0.324 e. The number of urea groups is 1. The van der Waals surface area contributed by atoms with Gasteiger partial charge in [0.2, 0.25) is 5.91 Å². The maximum atomic E-state index is 12.1. The normalized spacial score (nSPS) is 19.2. The molecule has 0 saturated carbocycles. The number of para-hydroxylation sites is 1. The van der Waals surface area contributed by atoms with Gasteiger partial charge in [-0.3, -0.25) is 15.1 Å². The van der Waals surface area contributed by atoms with Gasteiger partial charge in [-0.15, -0.1) is 0 Å². The number of rotatable bonds is 5. The number of aliphatic imine (C=N–C) groups is 1. The standard InChI is InChI=1S/C24H25BrN8O2/c1-2-19(25)22(26)33-23(18(12-29-33)16-9-15-5-3-4-6-20(15)27-11-16)28-14-31-7-8-32-17(13-31)10-21(34)30-24(32)35/h3-6,9,11-12,14,17H,2,7-8,10,13,26H2,1H3,(H,30,34,35)/b22-19+,28-14+. The fourth-order valence-electron chi connectivity index (χ4n) is 4.38. The summed E-state index contributed by atoms with van der Waals surface area (Å²) in [6, 6.07) is 9.48. The monoisotopic (exact) mass is 536 g/mol. The number of halogens is 1. The van der Waals surface area contributed by atoms with Crippen LogP contribution in [0.5, 0.6) is 0 Å². The average molecular weight is 537 g/mol. The van der Waals surface area contributed by atoms with E-state index in [1.54, 1.807) is 22.1 Å². The van der Waals surface area contributed by atoms with E-state index in [1.807, 2.05) is 42.3 Å². The van der Waals surface area contributed by atoms with Crippen LogP contribution in [0.4, 0.5) is 10.6 Å². The first-order valence-corrected chi connectivity index (χ1v) is 12.2. The van der Waals surface area contributed by atoms with Gasteiger partial charge in [0.1, 0.15) is 5.82 Å². The summed E-state index contributed by atoms with van der Waals surface area (Å²) >= 11 is 3.53. The number of pyridine rings is 1. The van der Waals surface area contributed by atoms with Crippen LogP contribution in [0.25, 0.3) is 27.9 Å². The van der Waals surface area contributed by atoms with Crippen molar-refractivity contribution in [3.63, 3.8) is 0 Å². The highest BCUT2D eigenvalue weighted by Gasteiger charge is 2.36. The molecule has 10 nitrogen and oxygen atoms in total. The molecular formula is C24H25BrN8O2. The first kappa shape index (κ1) is 23.0. The molecule has 2 fully saturated rings. The highest BCUT2D eigenvalue weighted by atomic mass is 79.9. The van der Waals surface area contributed by atoms with Gasteiger partial charge in [-0.05, 0) is 18.6 Å². The molecule has 3 aromatic rings. The predicted octanol–water partition coefficient (Wildman–Crippen LogP) is 3.27. The molecule has 3 amide bonds. The molecule has 0 bridgehead atoms. The Morgan fingerprint density at radius 3 is 2.94 bits per heavy atom. The summed E-state index contributed by atoms with van der Waals surface area (Å²) in [6.07, 6.45) is 6.28. The molecule has 35 heavy (non-hydrogen) atoms. The number of nitrogens with zero attached hydrogens (tertiary/aromatic N) is 6. The molecule has 5 rings (SSSR count). The van der Waals surface area contributed by atoms with Crippen LogP contribution in [0.3, 0.4) is 0 Å². The Morgan fingerprint density at radius 1 is 1.29 bits per heavy atom. The molecule has 0 spiro atoms. The molecule has 4 heterocycles. The van der Waals surface area contributed by atoms with Crippen LogP contribution < -0.4 is 11.1 Å². The van der Waals surface area contributed by atoms with Gasteiger partial charge in [0.25, 0.3) is 0 Å². The number of hydrogen-bond acceptors (Lipinski definition) is 6. The van der Waals surface area contributed by atoms with Crippen LogP contribution in [0.1, 0.15) is 19.8 Å². The zero-order valence-corrected chi connectivity index (χ0v) is 20.8. The van der Waals surface area contributed by atoms with E-state index in [0.717, 1.165) is 26.5 Å². The topological polar surface area (TPSA) is 122 Å². The lowest BCUT2D eigenvalue weighted by Gasteiger charge is -2.42. The van der Waals surface area contributed by atoms with E-state index in [2.05, 4.69) is 37.4 Å². The van der Waals surface area contributed by atoms with Crippen molar-refractivity contribution in [3.05, 3.63) is 47.2 Å². The molecule has 1 atom stereocenters. The number of amides is 3. The van der Waals surface area contributed by atoms with Gasteiger partial charge in [0.15, 0.2) is 5.82 Å². The fraction of sp³-hybridized carbons (Fsp3) is 0.292. The number of benzene rings is 1. The summed E-state index contributed by atoms with van der Waals surface area (Å²) in [7, 11) is 0. The lowest BCUT2D eigenvalue weighted by molar-refractivity contribution is -0.123. The Bertz CT molecular complexity index is 1360. The van der Waals surface area contributed by atoms with E-state index in [-0.39, 0.29) is 24.4 Å². The van der Waals surface area contributed by atoms with Gasteiger partial charge in [-0.25, -0.2) is 9.79 Å². The van der Waals surface area contributed by atoms with E-state index in [0.29, 0.717) is 37.7 Å². The van der Waals surface area contributed by atoms with Crippen LogP contribution >= 0.6 is 15.9 Å². The lowest BCUT2D eigenvalue weighted by atomic mass is 10.1. The molecule has 1 aromatic carbocycles. The second-order valence-electron chi connectivity index (χ2n) is 8.50. The van der Waals surface area contributed by atoms with Gasteiger partial charge in [-0.1, -0.05) is 41.1 Å². The summed E-state index contributed by atoms with van der Waals surface area (Å²) in [6.45, 7) is 3.64. The zero-order chi connectivity index (χ0) is 24.5. The summed E-state index contributed by atoms with van der Waals surface area (Å²) in [5.41, 5.74) is 8.98. The average Bonchev–Trinajstić information content (AvgIpc) is 3.29. The molecule has 11 heteroatoms. The van der Waals surface area contributed by atoms with Crippen LogP contribution in [0.15, 0.2) is 52.2 Å². The Morgan fingerprint density at radius 2 is 2.11 bits per heavy atom. The Balaban J connectivity index is 1.50. The van der Waals surface area contributed by atoms with Crippen molar-refractivity contribution in [2.75, 3.05) is 19.6 Å². The fourth-order valence-corrected chi connectivity index (χ4v) is 4.55. The van der Waals surface area contributed by atoms with E-state index >= 15 is 0 Å². The molecule has 0 aliphatic carbocycles. The minimum Gasteiger partial charge on any atom is -0.383 e. The van der Waals surface area contributed by atoms with Gasteiger partial charge in [0.05, 0.1) is 24.1 Å². The highest BCUT2D eigenvalue weighted by molar-refractivity contribution is 9.11. The summed E-state index contributed by atoms with van der Waals surface area (Å²) < 4.78 is 2.43. The third-order valence-electron chi connectivity index (χ3n) is 6.25. The molecule has 2 aliphatic rings. The van der Waals surface area contributed by atoms with Crippen molar-refractivity contribution >= 4 is 56.7 Å². The van der Waals surface area contributed by atoms with E-state index in [9.17, 15) is 9.59 Å². The van der Waals surface area contributed by atoms with E-state index < -0.39 is 0 Å². The Labute approximate surface area is 210 Å². The number of nitrogens with one attached hydrogen (secondary N) is 1. The first-order valence-electron chi connectivity index (χ1n) is 11.4. The Hall–Kier alpha value is -3.73. The number of carbonyl (C=O) groups excluding carboxylic acids is 2. The minimum atomic E-state index is -0.325. The first-order chi connectivity index (χ1) is 16.9. The van der Waals surface area contributed by atoms with E-state index in [4.69, 9.17) is 10.7 Å². The molecule has 180 valence electrons. The number of hydrogen-bond donors (Lipinski definition) is 2. The Kier molecular flexibility index (Phi) is 6.25. The summed E-state index contributed by atoms with van der Waals surface area (Å²) in [4.78, 5) is 37.0. The van der Waals surface area contributed by atoms with E-state index in [1.165, 1.54) is 0 Å². The third kappa shape index (κ3) is 4.51. The molecule has 2 saturated heterocycles. The van der Waals surface area contributed by atoms with Crippen molar-refractivity contribution in [2.45, 2.75) is 25.8 Å². The smallest absolute Gasteiger partial charge is 0.324 e. The summed E-state index contributed by atoms with van der Waals surface area (Å²) in [5, 5.41) is 7.92. The number of carbonyl (C=O) groups is 2. The second kappa shape index (κ2) is 9.49. The number of nitrogens with two attached hydrogens (primary N) is 1. The SMILES string of the molecule is CC/C(Br)=C(/N)n1ncc(-c2cnc3ccccc3c2)c1/N=C/N1CCN2C(=O)NC(=O)CC2C1. The number of fused-ring (bicyclic) bond motifs is 2. The van der Waals surface area contributed by atoms with Crippen molar-refractivity contribution in [1.82, 2.24) is 29.9 Å². The second-order valence-corrected chi connectivity index (χ2v) is 9.46. The number of imide groups is 1. The van der Waals surface area contributed by atoms with Crippen LogP contribution in [0.2, 0.25) is 0 Å². The quantitative estimate of drug-likeness (QED) is 0.381. The summed E-state index contributed by atoms with van der Waals surface area (Å²) in [5.74, 6) is 0.783. The number of piperazine rings is 1. The lowest BCUT2D eigenvalue weighted by Crippen LogP contribution is -2.62. The largest absolute Gasteiger partial charge is 0.383 e. The van der Waals surface area contributed by atoms with Crippen LogP contribution in [-0.4, -0.2) is 68.5 Å². The number of aromatic nitrogens is 3. The number of allylic oxidation sites excluding steroid dienone is 1. The third-order valence-corrected chi connectivity index (χ3v) is 7.21. The molecule has 2 aromatic heterocycles. The molecule has 0 radical (unpaired) electrons. The minimum absolute atomic E-state index is 0.176. The molecular weight excluding hydrogens is 512 g/mol. The van der Waals surface area contributed by atoms with Crippen LogP contribution in [-0.2, 0) is 4.79 Å². The van der Waals surface area contributed by atoms with Crippen molar-refractivity contribution in [2.24, 2.45) is 10.7 Å².